The molecule has 18 heavy (non-hydrogen) atoms. The number of imidazole rings is 1. The summed E-state index contributed by atoms with van der Waals surface area (Å²) in [5.74, 6) is 1.05. The van der Waals surface area contributed by atoms with Crippen molar-refractivity contribution in [2.75, 3.05) is 6.61 Å². The minimum atomic E-state index is 0.338. The lowest BCUT2D eigenvalue weighted by molar-refractivity contribution is -0.00531. The van der Waals surface area contributed by atoms with Gasteiger partial charge in [0.1, 0.15) is 5.82 Å². The molecule has 3 atom stereocenters. The summed E-state index contributed by atoms with van der Waals surface area (Å²) >= 11 is 0. The molecule has 0 bridgehead atoms. The molecule has 2 rings (SSSR count). The molecule has 1 aliphatic heterocycles. The van der Waals surface area contributed by atoms with Crippen LogP contribution in [0.15, 0.2) is 12.4 Å². The van der Waals surface area contributed by atoms with Crippen LogP contribution in [0.3, 0.4) is 0 Å². The fourth-order valence-corrected chi connectivity index (χ4v) is 2.70. The molecule has 1 aliphatic rings. The summed E-state index contributed by atoms with van der Waals surface area (Å²) in [5, 5.41) is 3.72. The van der Waals surface area contributed by atoms with Crippen molar-refractivity contribution < 1.29 is 4.74 Å². The number of nitrogens with zero attached hydrogens (tertiary/aromatic N) is 1. The van der Waals surface area contributed by atoms with Gasteiger partial charge in [-0.1, -0.05) is 20.3 Å². The largest absolute Gasteiger partial charge is 0.378 e. The van der Waals surface area contributed by atoms with Crippen LogP contribution in [0.5, 0.6) is 0 Å². The number of rotatable bonds is 6. The first-order valence-electron chi connectivity index (χ1n) is 7.20. The molecule has 4 heteroatoms. The Bertz CT molecular complexity index is 324. The second kappa shape index (κ2) is 6.90. The number of aromatic nitrogens is 2. The normalized spacial score (nSPS) is 26.1. The number of hydrogen-bond acceptors (Lipinski definition) is 3. The van der Waals surface area contributed by atoms with Crippen LogP contribution in [0.4, 0.5) is 0 Å². The van der Waals surface area contributed by atoms with Gasteiger partial charge in [-0.2, -0.15) is 0 Å². The van der Waals surface area contributed by atoms with Gasteiger partial charge in [0.2, 0.25) is 0 Å². The van der Waals surface area contributed by atoms with Gasteiger partial charge in [-0.3, -0.25) is 0 Å². The van der Waals surface area contributed by atoms with Crippen molar-refractivity contribution in [2.24, 2.45) is 0 Å². The smallest absolute Gasteiger partial charge is 0.123 e. The summed E-state index contributed by atoms with van der Waals surface area (Å²) in [5.41, 5.74) is 0. The molecule has 1 fully saturated rings. The van der Waals surface area contributed by atoms with Crippen LogP contribution in [-0.2, 0) is 4.74 Å². The molecule has 0 aliphatic carbocycles. The first kappa shape index (κ1) is 13.6. The van der Waals surface area contributed by atoms with E-state index in [9.17, 15) is 0 Å². The molecule has 3 unspecified atom stereocenters. The Balaban J connectivity index is 1.87. The maximum absolute atomic E-state index is 5.79. The lowest BCUT2D eigenvalue weighted by Crippen LogP contribution is -2.41. The van der Waals surface area contributed by atoms with Crippen LogP contribution in [0.2, 0.25) is 0 Å². The van der Waals surface area contributed by atoms with E-state index in [2.05, 4.69) is 29.1 Å². The quantitative estimate of drug-likeness (QED) is 0.817. The lowest BCUT2D eigenvalue weighted by Gasteiger charge is -2.32. The predicted octanol–water partition coefficient (Wildman–Crippen LogP) is 2.80. The van der Waals surface area contributed by atoms with Crippen LogP contribution in [0.25, 0.3) is 0 Å². The molecule has 0 radical (unpaired) electrons. The van der Waals surface area contributed by atoms with Crippen molar-refractivity contribution in [1.29, 1.82) is 0 Å². The van der Waals surface area contributed by atoms with Crippen molar-refractivity contribution in [3.05, 3.63) is 18.2 Å². The van der Waals surface area contributed by atoms with Crippen molar-refractivity contribution >= 4 is 0 Å². The Morgan fingerprint density at radius 1 is 1.56 bits per heavy atom. The van der Waals surface area contributed by atoms with Gasteiger partial charge in [-0.05, 0) is 25.7 Å². The van der Waals surface area contributed by atoms with Gasteiger partial charge in [0.25, 0.3) is 0 Å². The van der Waals surface area contributed by atoms with Crippen molar-refractivity contribution in [1.82, 2.24) is 15.3 Å². The molecule has 1 aromatic rings. The van der Waals surface area contributed by atoms with E-state index in [0.29, 0.717) is 18.2 Å². The fraction of sp³-hybridized carbons (Fsp3) is 0.786. The third-order valence-corrected chi connectivity index (χ3v) is 3.67. The molecule has 102 valence electrons. The molecular formula is C14H25N3O. The molecule has 0 amide bonds. The molecular weight excluding hydrogens is 226 g/mol. The zero-order chi connectivity index (χ0) is 12.8. The predicted molar refractivity (Wildman–Crippen MR) is 72.4 cm³/mol. The van der Waals surface area contributed by atoms with E-state index in [1.165, 1.54) is 12.8 Å². The highest BCUT2D eigenvalue weighted by Crippen LogP contribution is 2.21. The third-order valence-electron chi connectivity index (χ3n) is 3.67. The van der Waals surface area contributed by atoms with Gasteiger partial charge in [0.05, 0.1) is 12.1 Å². The number of H-pyrrole nitrogens is 1. The maximum atomic E-state index is 5.79. The zero-order valence-corrected chi connectivity index (χ0v) is 11.5. The molecule has 0 aromatic carbocycles. The second-order valence-corrected chi connectivity index (χ2v) is 5.10. The minimum absolute atomic E-state index is 0.338. The molecule has 0 saturated carbocycles. The van der Waals surface area contributed by atoms with Crippen molar-refractivity contribution in [2.45, 2.75) is 64.1 Å². The highest BCUT2D eigenvalue weighted by molar-refractivity contribution is 4.96. The molecule has 4 nitrogen and oxygen atoms in total. The molecule has 2 N–H and O–H groups in total. The minimum Gasteiger partial charge on any atom is -0.378 e. The highest BCUT2D eigenvalue weighted by atomic mass is 16.5. The summed E-state index contributed by atoms with van der Waals surface area (Å²) in [6.45, 7) is 5.30. The van der Waals surface area contributed by atoms with Gasteiger partial charge in [0, 0.05) is 25.0 Å². The van der Waals surface area contributed by atoms with E-state index >= 15 is 0 Å². The molecule has 1 saturated heterocycles. The van der Waals surface area contributed by atoms with Gasteiger partial charge < -0.3 is 15.0 Å². The second-order valence-electron chi connectivity index (χ2n) is 5.10. The Kier molecular flexibility index (Phi) is 5.20. The summed E-state index contributed by atoms with van der Waals surface area (Å²) in [6.07, 6.45) is 9.83. The first-order valence-corrected chi connectivity index (χ1v) is 7.20. The van der Waals surface area contributed by atoms with Gasteiger partial charge in [-0.15, -0.1) is 0 Å². The average Bonchev–Trinajstić information content (AvgIpc) is 2.90. The first-order chi connectivity index (χ1) is 8.83. The van der Waals surface area contributed by atoms with Crippen molar-refractivity contribution in [3.63, 3.8) is 0 Å². The Hall–Kier alpha value is -0.870. The van der Waals surface area contributed by atoms with Gasteiger partial charge >= 0.3 is 0 Å². The fourth-order valence-electron chi connectivity index (χ4n) is 2.70. The van der Waals surface area contributed by atoms with Gasteiger partial charge in [-0.25, -0.2) is 4.98 Å². The van der Waals surface area contributed by atoms with E-state index in [1.54, 1.807) is 0 Å². The van der Waals surface area contributed by atoms with Crippen LogP contribution in [0, 0.1) is 0 Å². The van der Waals surface area contributed by atoms with Gasteiger partial charge in [0.15, 0.2) is 0 Å². The van der Waals surface area contributed by atoms with E-state index in [4.69, 9.17) is 4.74 Å². The topological polar surface area (TPSA) is 49.9 Å². The van der Waals surface area contributed by atoms with E-state index in [0.717, 1.165) is 31.7 Å². The summed E-state index contributed by atoms with van der Waals surface area (Å²) in [6, 6.07) is 0.899. The Labute approximate surface area is 110 Å². The summed E-state index contributed by atoms with van der Waals surface area (Å²) < 4.78 is 5.79. The summed E-state index contributed by atoms with van der Waals surface area (Å²) in [4.78, 5) is 7.57. The third kappa shape index (κ3) is 3.56. The number of nitrogens with one attached hydrogen (secondary N) is 2. The van der Waals surface area contributed by atoms with Crippen LogP contribution >= 0.6 is 0 Å². The van der Waals surface area contributed by atoms with E-state index in [-0.39, 0.29) is 0 Å². The SMILES string of the molecule is CCCC1CC(NC(CC)c2ncc[nH]2)CCO1. The number of ether oxygens (including phenoxy) is 1. The molecule has 2 heterocycles. The van der Waals surface area contributed by atoms with Crippen LogP contribution in [-0.4, -0.2) is 28.7 Å². The monoisotopic (exact) mass is 251 g/mol. The van der Waals surface area contributed by atoms with Crippen molar-refractivity contribution in [3.8, 4) is 0 Å². The number of hydrogen-bond donors (Lipinski definition) is 2. The Morgan fingerprint density at radius 2 is 2.44 bits per heavy atom. The Morgan fingerprint density at radius 3 is 3.11 bits per heavy atom. The number of aromatic amines is 1. The lowest BCUT2D eigenvalue weighted by atomic mass is 9.99. The van der Waals surface area contributed by atoms with E-state index in [1.807, 2.05) is 12.4 Å². The van der Waals surface area contributed by atoms with E-state index < -0.39 is 0 Å². The average molecular weight is 251 g/mol. The highest BCUT2D eigenvalue weighted by Gasteiger charge is 2.24. The van der Waals surface area contributed by atoms with Crippen LogP contribution in [0.1, 0.15) is 57.8 Å². The molecule has 0 spiro atoms. The zero-order valence-electron chi connectivity index (χ0n) is 11.5. The molecule has 1 aromatic heterocycles. The maximum Gasteiger partial charge on any atom is 0.123 e. The van der Waals surface area contributed by atoms with Crippen LogP contribution < -0.4 is 5.32 Å². The summed E-state index contributed by atoms with van der Waals surface area (Å²) in [7, 11) is 0. The standard InChI is InChI=1S/C14H25N3O/c1-3-5-12-10-11(6-9-18-12)17-13(4-2)14-15-7-8-16-14/h7-8,11-13,17H,3-6,9-10H2,1-2H3,(H,15,16).